The van der Waals surface area contributed by atoms with Crippen LogP contribution >= 0.6 is 0 Å². The molecule has 2 aromatic heterocycles. The van der Waals surface area contributed by atoms with Gasteiger partial charge in [-0.25, -0.2) is 9.67 Å². The molecule has 0 bridgehead atoms. The number of aryl methyl sites for hydroxylation is 1. The zero-order valence-corrected chi connectivity index (χ0v) is 17.2. The molecule has 0 saturated carbocycles. The maximum atomic E-state index is 12.9. The summed E-state index contributed by atoms with van der Waals surface area (Å²) in [6, 6.07) is 4.30. The Balaban J connectivity index is 1.53. The first-order valence-electron chi connectivity index (χ1n) is 10.7. The molecule has 2 aromatic rings. The molecule has 1 amide bonds. The Kier molecular flexibility index (Phi) is 5.80. The minimum Gasteiger partial charge on any atom is -0.357 e. The number of pyridine rings is 1. The molecule has 7 heteroatoms. The molecule has 2 aliphatic rings. The number of rotatable bonds is 3. The lowest BCUT2D eigenvalue weighted by molar-refractivity contribution is 0.0912. The molecule has 4 rings (SSSR count). The van der Waals surface area contributed by atoms with Gasteiger partial charge in [-0.1, -0.05) is 19.3 Å². The van der Waals surface area contributed by atoms with Gasteiger partial charge >= 0.3 is 0 Å². The number of anilines is 1. The third kappa shape index (κ3) is 4.14. The first kappa shape index (κ1) is 19.2. The molecule has 2 fully saturated rings. The predicted molar refractivity (Wildman–Crippen MR) is 112 cm³/mol. The molecule has 0 spiro atoms. The van der Waals surface area contributed by atoms with Crippen molar-refractivity contribution in [2.24, 2.45) is 7.05 Å². The van der Waals surface area contributed by atoms with Gasteiger partial charge in [0.25, 0.3) is 5.91 Å². The number of hydrogen-bond acceptors (Lipinski definition) is 5. The Labute approximate surface area is 167 Å². The summed E-state index contributed by atoms with van der Waals surface area (Å²) in [7, 11) is 4.00. The number of carbonyl (C=O) groups excluding carboxylic acids is 1. The molecule has 2 saturated heterocycles. The molecule has 1 N–H and O–H groups in total. The number of fused-ring (bicyclic) bond motifs is 1. The summed E-state index contributed by atoms with van der Waals surface area (Å²) in [6.07, 6.45) is 8.36. The lowest BCUT2D eigenvalue weighted by Gasteiger charge is -2.29. The van der Waals surface area contributed by atoms with Crippen molar-refractivity contribution in [3.05, 3.63) is 17.8 Å². The third-order valence-corrected chi connectivity index (χ3v) is 6.12. The van der Waals surface area contributed by atoms with E-state index < -0.39 is 0 Å². The highest BCUT2D eigenvalue weighted by molar-refractivity contribution is 6.04. The van der Waals surface area contributed by atoms with E-state index in [1.54, 1.807) is 4.68 Å². The van der Waals surface area contributed by atoms with Gasteiger partial charge in [-0.2, -0.15) is 5.10 Å². The van der Waals surface area contributed by atoms with Crippen LogP contribution < -0.4 is 10.2 Å². The van der Waals surface area contributed by atoms with Crippen molar-refractivity contribution >= 4 is 22.8 Å². The molecule has 7 nitrogen and oxygen atoms in total. The Hall–Kier alpha value is -2.15. The second-order valence-corrected chi connectivity index (χ2v) is 8.32. The minimum atomic E-state index is -0.0824. The van der Waals surface area contributed by atoms with Crippen molar-refractivity contribution < 1.29 is 4.79 Å². The van der Waals surface area contributed by atoms with Crippen molar-refractivity contribution in [1.82, 2.24) is 25.0 Å². The van der Waals surface area contributed by atoms with Crippen LogP contribution in [0.1, 0.15) is 55.4 Å². The van der Waals surface area contributed by atoms with Gasteiger partial charge in [0.1, 0.15) is 5.82 Å². The predicted octanol–water partition coefficient (Wildman–Crippen LogP) is 2.56. The van der Waals surface area contributed by atoms with E-state index in [-0.39, 0.29) is 11.9 Å². The van der Waals surface area contributed by atoms with Gasteiger partial charge in [0, 0.05) is 26.2 Å². The van der Waals surface area contributed by atoms with E-state index >= 15 is 0 Å². The molecule has 152 valence electrons. The van der Waals surface area contributed by atoms with Gasteiger partial charge in [-0.3, -0.25) is 4.79 Å². The molecule has 4 heterocycles. The second kappa shape index (κ2) is 8.47. The molecule has 2 aliphatic heterocycles. The Morgan fingerprint density at radius 3 is 2.39 bits per heavy atom. The number of piperidine rings is 1. The molecular weight excluding hydrogens is 352 g/mol. The summed E-state index contributed by atoms with van der Waals surface area (Å²) >= 11 is 0. The smallest absolute Gasteiger partial charge is 0.272 e. The van der Waals surface area contributed by atoms with Crippen LogP contribution in [0, 0.1) is 0 Å². The largest absolute Gasteiger partial charge is 0.357 e. The number of likely N-dealkylation sites (tertiary alicyclic amines) is 1. The summed E-state index contributed by atoms with van der Waals surface area (Å²) in [4.78, 5) is 22.4. The van der Waals surface area contributed by atoms with Gasteiger partial charge in [-0.15, -0.1) is 0 Å². The second-order valence-electron chi connectivity index (χ2n) is 8.32. The van der Waals surface area contributed by atoms with Gasteiger partial charge in [0.15, 0.2) is 11.3 Å². The first-order valence-corrected chi connectivity index (χ1v) is 10.7. The minimum absolute atomic E-state index is 0.0824. The van der Waals surface area contributed by atoms with Crippen molar-refractivity contribution in [1.29, 1.82) is 0 Å². The van der Waals surface area contributed by atoms with Crippen LogP contribution in [0.25, 0.3) is 11.0 Å². The van der Waals surface area contributed by atoms with E-state index in [0.29, 0.717) is 5.69 Å². The zero-order chi connectivity index (χ0) is 19.5. The average Bonchev–Trinajstić information content (AvgIpc) is 3.00. The van der Waals surface area contributed by atoms with E-state index in [2.05, 4.69) is 33.3 Å². The average molecular weight is 385 g/mol. The van der Waals surface area contributed by atoms with Gasteiger partial charge in [0.05, 0.1) is 5.39 Å². The summed E-state index contributed by atoms with van der Waals surface area (Å²) < 4.78 is 1.74. The van der Waals surface area contributed by atoms with Gasteiger partial charge < -0.3 is 15.1 Å². The number of aromatic nitrogens is 3. The van der Waals surface area contributed by atoms with E-state index in [4.69, 9.17) is 4.98 Å². The number of nitrogens with zero attached hydrogens (tertiary/aromatic N) is 5. The van der Waals surface area contributed by atoms with E-state index in [1.807, 2.05) is 13.1 Å². The van der Waals surface area contributed by atoms with Crippen molar-refractivity contribution in [3.63, 3.8) is 0 Å². The monoisotopic (exact) mass is 384 g/mol. The Morgan fingerprint density at radius 1 is 1.00 bits per heavy atom. The normalized spacial score (nSPS) is 20.1. The summed E-state index contributed by atoms with van der Waals surface area (Å²) in [5.41, 5.74) is 1.27. The summed E-state index contributed by atoms with van der Waals surface area (Å²) in [5.74, 6) is 0.917. The fraction of sp³-hybridized carbons (Fsp3) is 0.667. The van der Waals surface area contributed by atoms with Crippen molar-refractivity contribution in [3.8, 4) is 0 Å². The van der Waals surface area contributed by atoms with Crippen LogP contribution in [-0.2, 0) is 7.05 Å². The van der Waals surface area contributed by atoms with Crippen molar-refractivity contribution in [2.45, 2.75) is 51.0 Å². The lowest BCUT2D eigenvalue weighted by atomic mass is 10.1. The number of amides is 1. The highest BCUT2D eigenvalue weighted by Gasteiger charge is 2.23. The Bertz CT molecular complexity index is 816. The molecule has 0 aliphatic carbocycles. The van der Waals surface area contributed by atoms with E-state index in [0.717, 1.165) is 55.9 Å². The Morgan fingerprint density at radius 2 is 1.68 bits per heavy atom. The van der Waals surface area contributed by atoms with Crippen LogP contribution in [0.2, 0.25) is 0 Å². The van der Waals surface area contributed by atoms with Gasteiger partial charge in [0.2, 0.25) is 0 Å². The van der Waals surface area contributed by atoms with Crippen molar-refractivity contribution in [2.75, 3.05) is 38.1 Å². The maximum absolute atomic E-state index is 12.9. The first-order chi connectivity index (χ1) is 13.6. The third-order valence-electron chi connectivity index (χ3n) is 6.12. The summed E-state index contributed by atoms with van der Waals surface area (Å²) in [6.45, 7) is 4.16. The highest BCUT2D eigenvalue weighted by atomic mass is 16.2. The fourth-order valence-electron chi connectivity index (χ4n) is 4.35. The zero-order valence-electron chi connectivity index (χ0n) is 17.2. The highest BCUT2D eigenvalue weighted by Crippen LogP contribution is 2.23. The summed E-state index contributed by atoms with van der Waals surface area (Å²) in [5, 5.41) is 8.51. The number of hydrogen-bond donors (Lipinski definition) is 1. The maximum Gasteiger partial charge on any atom is 0.272 e. The number of carbonyl (C=O) groups is 1. The quantitative estimate of drug-likeness (QED) is 0.881. The van der Waals surface area contributed by atoms with Crippen LogP contribution in [-0.4, -0.2) is 64.8 Å². The van der Waals surface area contributed by atoms with Crippen LogP contribution in [0.3, 0.4) is 0 Å². The number of nitrogens with one attached hydrogen (secondary N) is 1. The molecular formula is C21H32N6O. The fourth-order valence-corrected chi connectivity index (χ4v) is 4.35. The van der Waals surface area contributed by atoms with Crippen LogP contribution in [0.4, 0.5) is 5.82 Å². The van der Waals surface area contributed by atoms with E-state index in [9.17, 15) is 4.79 Å². The SMILES string of the molecule is CN1CCC(NC(=O)c2nn(C)c3nc(N4CCCCCCC4)ccc23)CC1. The standard InChI is InChI=1S/C21H32N6O/c1-25-14-10-16(11-15-25)22-21(28)19-17-8-9-18(23-20(17)26(2)24-19)27-12-6-4-3-5-7-13-27/h8-9,16H,3-7,10-15H2,1-2H3,(H,22,28). The van der Waals surface area contributed by atoms with E-state index in [1.165, 1.54) is 32.1 Å². The van der Waals surface area contributed by atoms with Gasteiger partial charge in [-0.05, 0) is 58.0 Å². The molecule has 28 heavy (non-hydrogen) atoms. The molecule has 0 atom stereocenters. The topological polar surface area (TPSA) is 66.3 Å². The lowest BCUT2D eigenvalue weighted by Crippen LogP contribution is -2.43. The van der Waals surface area contributed by atoms with Crippen LogP contribution in [0.5, 0.6) is 0 Å². The molecule has 0 unspecified atom stereocenters. The molecule has 0 radical (unpaired) electrons. The molecule has 0 aromatic carbocycles. The van der Waals surface area contributed by atoms with Crippen LogP contribution in [0.15, 0.2) is 12.1 Å².